The number of methoxy groups -OCH3 is 1. The molecule has 8 nitrogen and oxygen atoms in total. The second kappa shape index (κ2) is 6.79. The second-order valence-corrected chi connectivity index (χ2v) is 5.13. The Balaban J connectivity index is 1.79. The summed E-state index contributed by atoms with van der Waals surface area (Å²) in [5.74, 6) is 1.06. The number of benzene rings is 1. The summed E-state index contributed by atoms with van der Waals surface area (Å²) >= 11 is 0. The fourth-order valence-corrected chi connectivity index (χ4v) is 2.56. The van der Waals surface area contributed by atoms with Gasteiger partial charge in [-0.05, 0) is 30.2 Å². The topological polar surface area (TPSA) is 103 Å². The molecular weight excluding hydrogens is 294 g/mol. The number of nitriles is 1. The lowest BCUT2D eigenvalue weighted by molar-refractivity contribution is 0.415. The molecule has 118 valence electrons. The Kier molecular flexibility index (Phi) is 4.38. The van der Waals surface area contributed by atoms with E-state index < -0.39 is 0 Å². The van der Waals surface area contributed by atoms with Crippen LogP contribution in [0, 0.1) is 11.3 Å². The minimum Gasteiger partial charge on any atom is -0.495 e. The van der Waals surface area contributed by atoms with Crippen molar-refractivity contribution < 1.29 is 4.74 Å². The normalized spacial score (nSPS) is 14.6. The zero-order chi connectivity index (χ0) is 16.1. The number of ether oxygens (including phenoxy) is 1. The SMILES string of the molecule is COc1cc(NC=C(C#N)c2nn[nH]n2)ccc1N1CCCC1. The molecule has 2 heterocycles. The van der Waals surface area contributed by atoms with Crippen LogP contribution in [0.2, 0.25) is 0 Å². The lowest BCUT2D eigenvalue weighted by Gasteiger charge is -2.21. The Morgan fingerprint density at radius 1 is 1.43 bits per heavy atom. The van der Waals surface area contributed by atoms with E-state index in [0.29, 0.717) is 5.57 Å². The molecule has 1 aromatic heterocycles. The van der Waals surface area contributed by atoms with Gasteiger partial charge in [-0.1, -0.05) is 0 Å². The fraction of sp³-hybridized carbons (Fsp3) is 0.333. The lowest BCUT2D eigenvalue weighted by Crippen LogP contribution is -2.18. The van der Waals surface area contributed by atoms with Gasteiger partial charge >= 0.3 is 0 Å². The van der Waals surface area contributed by atoms with Crippen LogP contribution in [0.25, 0.3) is 5.57 Å². The fourth-order valence-electron chi connectivity index (χ4n) is 2.56. The van der Waals surface area contributed by atoms with Gasteiger partial charge in [0.05, 0.1) is 12.8 Å². The van der Waals surface area contributed by atoms with E-state index in [1.807, 2.05) is 24.3 Å². The van der Waals surface area contributed by atoms with Crippen LogP contribution in [0.4, 0.5) is 11.4 Å². The summed E-state index contributed by atoms with van der Waals surface area (Å²) in [6.45, 7) is 2.11. The van der Waals surface area contributed by atoms with Crippen molar-refractivity contribution in [2.24, 2.45) is 0 Å². The van der Waals surface area contributed by atoms with E-state index in [1.165, 1.54) is 12.8 Å². The third-order valence-electron chi connectivity index (χ3n) is 3.72. The molecular formula is C15H17N7O. The van der Waals surface area contributed by atoms with Crippen LogP contribution < -0.4 is 15.0 Å². The highest BCUT2D eigenvalue weighted by Crippen LogP contribution is 2.33. The zero-order valence-electron chi connectivity index (χ0n) is 12.8. The third kappa shape index (κ3) is 3.23. The predicted octanol–water partition coefficient (Wildman–Crippen LogP) is 1.79. The average Bonchev–Trinajstić information content (AvgIpc) is 3.29. The van der Waals surface area contributed by atoms with Crippen LogP contribution >= 0.6 is 0 Å². The van der Waals surface area contributed by atoms with Crippen molar-refractivity contribution in [3.63, 3.8) is 0 Å². The molecule has 0 radical (unpaired) electrons. The number of hydrogen-bond acceptors (Lipinski definition) is 7. The number of allylic oxidation sites excluding steroid dienone is 1. The van der Waals surface area contributed by atoms with Gasteiger partial charge in [0, 0.05) is 31.0 Å². The number of hydrogen-bond donors (Lipinski definition) is 2. The quantitative estimate of drug-likeness (QED) is 0.811. The largest absolute Gasteiger partial charge is 0.495 e. The monoisotopic (exact) mass is 311 g/mol. The Labute approximate surface area is 133 Å². The van der Waals surface area contributed by atoms with Crippen molar-refractivity contribution in [2.75, 3.05) is 30.4 Å². The van der Waals surface area contributed by atoms with E-state index >= 15 is 0 Å². The van der Waals surface area contributed by atoms with Gasteiger partial charge in [-0.25, -0.2) is 0 Å². The molecule has 23 heavy (non-hydrogen) atoms. The summed E-state index contributed by atoms with van der Waals surface area (Å²) in [6.07, 6.45) is 3.97. The molecule has 1 aliphatic heterocycles. The molecule has 0 bridgehead atoms. The Morgan fingerprint density at radius 3 is 2.91 bits per heavy atom. The molecule has 0 saturated carbocycles. The van der Waals surface area contributed by atoms with Crippen molar-refractivity contribution >= 4 is 16.9 Å². The summed E-state index contributed by atoms with van der Waals surface area (Å²) in [6, 6.07) is 7.93. The molecule has 2 aromatic rings. The number of tetrazole rings is 1. The predicted molar refractivity (Wildman–Crippen MR) is 85.8 cm³/mol. The highest BCUT2D eigenvalue weighted by molar-refractivity contribution is 5.75. The van der Waals surface area contributed by atoms with Crippen LogP contribution in [-0.2, 0) is 0 Å². The lowest BCUT2D eigenvalue weighted by atomic mass is 10.2. The molecule has 0 aliphatic carbocycles. The van der Waals surface area contributed by atoms with Gasteiger partial charge in [0.15, 0.2) is 0 Å². The van der Waals surface area contributed by atoms with Crippen LogP contribution in [0.5, 0.6) is 5.75 Å². The summed E-state index contributed by atoms with van der Waals surface area (Å²) in [5, 5.41) is 25.6. The van der Waals surface area contributed by atoms with Gasteiger partial charge < -0.3 is 15.0 Å². The first-order chi connectivity index (χ1) is 11.3. The molecule has 1 aromatic carbocycles. The molecule has 1 fully saturated rings. The first-order valence-electron chi connectivity index (χ1n) is 7.35. The number of nitrogens with one attached hydrogen (secondary N) is 2. The zero-order valence-corrected chi connectivity index (χ0v) is 12.8. The van der Waals surface area contributed by atoms with Crippen molar-refractivity contribution in [1.29, 1.82) is 5.26 Å². The Hall–Kier alpha value is -3.08. The van der Waals surface area contributed by atoms with E-state index in [0.717, 1.165) is 30.2 Å². The summed E-state index contributed by atoms with van der Waals surface area (Å²) in [4.78, 5) is 2.32. The molecule has 0 atom stereocenters. The van der Waals surface area contributed by atoms with Gasteiger partial charge in [0.25, 0.3) is 0 Å². The van der Waals surface area contributed by atoms with E-state index in [2.05, 4.69) is 30.8 Å². The molecule has 0 unspecified atom stereocenters. The second-order valence-electron chi connectivity index (χ2n) is 5.13. The molecule has 0 amide bonds. The van der Waals surface area contributed by atoms with E-state index in [-0.39, 0.29) is 5.82 Å². The molecule has 1 aliphatic rings. The summed E-state index contributed by atoms with van der Waals surface area (Å²) in [5.41, 5.74) is 2.21. The van der Waals surface area contributed by atoms with Gasteiger partial charge in [0.2, 0.25) is 5.82 Å². The number of rotatable bonds is 5. The number of nitrogens with zero attached hydrogens (tertiary/aromatic N) is 5. The maximum absolute atomic E-state index is 9.15. The van der Waals surface area contributed by atoms with Crippen molar-refractivity contribution in [3.05, 3.63) is 30.2 Å². The molecule has 3 rings (SSSR count). The van der Waals surface area contributed by atoms with Crippen LogP contribution in [0.3, 0.4) is 0 Å². The van der Waals surface area contributed by atoms with Crippen molar-refractivity contribution in [2.45, 2.75) is 12.8 Å². The van der Waals surface area contributed by atoms with Crippen molar-refractivity contribution in [3.8, 4) is 11.8 Å². The van der Waals surface area contributed by atoms with Gasteiger partial charge in [0.1, 0.15) is 17.4 Å². The highest BCUT2D eigenvalue weighted by atomic mass is 16.5. The highest BCUT2D eigenvalue weighted by Gasteiger charge is 2.16. The average molecular weight is 311 g/mol. The maximum Gasteiger partial charge on any atom is 0.216 e. The minimum absolute atomic E-state index is 0.251. The van der Waals surface area contributed by atoms with E-state index in [4.69, 9.17) is 10.00 Å². The van der Waals surface area contributed by atoms with Crippen LogP contribution in [-0.4, -0.2) is 40.8 Å². The Bertz CT molecular complexity index is 727. The van der Waals surface area contributed by atoms with Gasteiger partial charge in [-0.2, -0.15) is 10.5 Å². The number of H-pyrrole nitrogens is 1. The third-order valence-corrected chi connectivity index (χ3v) is 3.72. The van der Waals surface area contributed by atoms with E-state index in [1.54, 1.807) is 13.3 Å². The van der Waals surface area contributed by atoms with Gasteiger partial charge in [-0.15, -0.1) is 10.2 Å². The molecule has 1 saturated heterocycles. The smallest absolute Gasteiger partial charge is 0.216 e. The van der Waals surface area contributed by atoms with Gasteiger partial charge in [-0.3, -0.25) is 0 Å². The van der Waals surface area contributed by atoms with E-state index in [9.17, 15) is 0 Å². The van der Waals surface area contributed by atoms with Crippen molar-refractivity contribution in [1.82, 2.24) is 20.6 Å². The standard InChI is InChI=1S/C15H17N7O/c1-23-14-8-12(4-5-13(14)22-6-2-3-7-22)17-10-11(9-16)15-18-20-21-19-15/h4-5,8,10,17H,2-3,6-7H2,1H3,(H,18,19,20,21). The van der Waals surface area contributed by atoms with Crippen LogP contribution in [0.15, 0.2) is 24.4 Å². The first-order valence-corrected chi connectivity index (χ1v) is 7.35. The number of anilines is 2. The number of aromatic nitrogens is 4. The number of aromatic amines is 1. The van der Waals surface area contributed by atoms with Crippen LogP contribution in [0.1, 0.15) is 18.7 Å². The molecule has 0 spiro atoms. The Morgan fingerprint density at radius 2 is 2.26 bits per heavy atom. The summed E-state index contributed by atoms with van der Waals surface area (Å²) in [7, 11) is 1.66. The maximum atomic E-state index is 9.15. The summed E-state index contributed by atoms with van der Waals surface area (Å²) < 4.78 is 5.50. The first kappa shape index (κ1) is 14.8. The molecule has 2 N–H and O–H groups in total. The molecule has 8 heteroatoms. The minimum atomic E-state index is 0.251.